The van der Waals surface area contributed by atoms with Gasteiger partial charge in [-0.3, -0.25) is 10.1 Å². The maximum atomic E-state index is 12.3. The van der Waals surface area contributed by atoms with E-state index in [0.29, 0.717) is 36.2 Å². The number of hydrogen-bond donors (Lipinski definition) is 2. The number of nitrogens with zero attached hydrogens (tertiary/aromatic N) is 1. The Balaban J connectivity index is 1.68. The van der Waals surface area contributed by atoms with Crippen molar-refractivity contribution in [2.45, 2.75) is 13.8 Å². The van der Waals surface area contributed by atoms with Crippen LogP contribution in [0.4, 0.5) is 0 Å². The van der Waals surface area contributed by atoms with Crippen LogP contribution in [0.25, 0.3) is 0 Å². The van der Waals surface area contributed by atoms with E-state index in [2.05, 4.69) is 29.4 Å². The van der Waals surface area contributed by atoms with E-state index in [0.717, 1.165) is 25.4 Å². The van der Waals surface area contributed by atoms with Gasteiger partial charge in [-0.25, -0.2) is 0 Å². The number of carbonyl (C=O) groups is 1. The summed E-state index contributed by atoms with van der Waals surface area (Å²) in [6.45, 7) is 8.65. The molecule has 156 valence electrons. The molecule has 0 aliphatic rings. The lowest BCUT2D eigenvalue weighted by Gasteiger charge is -2.18. The minimum Gasteiger partial charge on any atom is -0.490 e. The van der Waals surface area contributed by atoms with Crippen molar-refractivity contribution < 1.29 is 14.3 Å². The number of thiocarbonyl (C=S) groups is 1. The molecule has 0 aliphatic heterocycles. The molecule has 0 aromatic heterocycles. The molecule has 0 saturated heterocycles. The number of para-hydroxylation sites is 1. The van der Waals surface area contributed by atoms with Crippen molar-refractivity contribution in [1.82, 2.24) is 15.5 Å². The summed E-state index contributed by atoms with van der Waals surface area (Å²) in [4.78, 5) is 14.6. The first-order chi connectivity index (χ1) is 14.1. The maximum absolute atomic E-state index is 12.3. The van der Waals surface area contributed by atoms with Crippen LogP contribution in [0.15, 0.2) is 54.6 Å². The Morgan fingerprint density at radius 2 is 1.52 bits per heavy atom. The normalized spacial score (nSPS) is 10.4. The van der Waals surface area contributed by atoms with Crippen LogP contribution < -0.4 is 20.1 Å². The van der Waals surface area contributed by atoms with Gasteiger partial charge in [0.25, 0.3) is 5.91 Å². The summed E-state index contributed by atoms with van der Waals surface area (Å²) in [6, 6.07) is 16.5. The monoisotopic (exact) mass is 415 g/mol. The lowest BCUT2D eigenvalue weighted by Crippen LogP contribution is -2.42. The second-order valence-electron chi connectivity index (χ2n) is 6.27. The van der Waals surface area contributed by atoms with Gasteiger partial charge in [0.2, 0.25) is 0 Å². The molecule has 0 spiro atoms. The molecule has 7 heteroatoms. The molecule has 6 nitrogen and oxygen atoms in total. The van der Waals surface area contributed by atoms with Gasteiger partial charge in [0, 0.05) is 18.7 Å². The molecule has 2 aromatic rings. The minimum absolute atomic E-state index is 0.246. The van der Waals surface area contributed by atoms with Crippen molar-refractivity contribution in [3.8, 4) is 11.5 Å². The van der Waals surface area contributed by atoms with E-state index in [9.17, 15) is 4.79 Å². The van der Waals surface area contributed by atoms with Crippen LogP contribution in [0.1, 0.15) is 24.2 Å². The van der Waals surface area contributed by atoms with Crippen molar-refractivity contribution in [2.24, 2.45) is 0 Å². The molecule has 0 fully saturated rings. The predicted molar refractivity (Wildman–Crippen MR) is 120 cm³/mol. The summed E-state index contributed by atoms with van der Waals surface area (Å²) in [6.07, 6.45) is 0. The molecule has 0 heterocycles. The first kappa shape index (κ1) is 22.6. The van der Waals surface area contributed by atoms with Crippen molar-refractivity contribution in [3.63, 3.8) is 0 Å². The van der Waals surface area contributed by atoms with Crippen molar-refractivity contribution in [2.75, 3.05) is 39.4 Å². The van der Waals surface area contributed by atoms with Gasteiger partial charge in [-0.2, -0.15) is 0 Å². The number of hydrogen-bond acceptors (Lipinski definition) is 5. The molecule has 0 unspecified atom stereocenters. The number of likely N-dealkylation sites (N-methyl/N-ethyl adjacent to an activating group) is 1. The molecule has 0 radical (unpaired) electrons. The number of amides is 1. The fourth-order valence-electron chi connectivity index (χ4n) is 2.63. The van der Waals surface area contributed by atoms with E-state index in [-0.39, 0.29) is 5.91 Å². The summed E-state index contributed by atoms with van der Waals surface area (Å²) in [5.74, 6) is 1.24. The van der Waals surface area contributed by atoms with Gasteiger partial charge in [-0.1, -0.05) is 32.0 Å². The van der Waals surface area contributed by atoms with Crippen molar-refractivity contribution >= 4 is 23.2 Å². The lowest BCUT2D eigenvalue weighted by molar-refractivity contribution is 0.0976. The quantitative estimate of drug-likeness (QED) is 0.434. The summed E-state index contributed by atoms with van der Waals surface area (Å²) >= 11 is 5.19. The Morgan fingerprint density at radius 1 is 0.931 bits per heavy atom. The maximum Gasteiger partial charge on any atom is 0.257 e. The second-order valence-corrected chi connectivity index (χ2v) is 6.68. The Hall–Kier alpha value is -2.64. The Bertz CT molecular complexity index is 750. The third kappa shape index (κ3) is 8.50. The lowest BCUT2D eigenvalue weighted by atomic mass is 10.2. The highest BCUT2D eigenvalue weighted by Crippen LogP contribution is 2.13. The highest BCUT2D eigenvalue weighted by atomic mass is 32.1. The van der Waals surface area contributed by atoms with Gasteiger partial charge in [0.15, 0.2) is 5.11 Å². The third-order valence-corrected chi connectivity index (χ3v) is 4.56. The summed E-state index contributed by atoms with van der Waals surface area (Å²) in [5, 5.41) is 6.09. The molecule has 0 saturated carbocycles. The van der Waals surface area contributed by atoms with Gasteiger partial charge in [-0.15, -0.1) is 0 Å². The van der Waals surface area contributed by atoms with Crippen LogP contribution >= 0.6 is 12.2 Å². The number of nitrogens with one attached hydrogen (secondary N) is 2. The van der Waals surface area contributed by atoms with E-state index in [1.165, 1.54) is 0 Å². The van der Waals surface area contributed by atoms with Gasteiger partial charge in [0.05, 0.1) is 0 Å². The zero-order chi connectivity index (χ0) is 20.9. The summed E-state index contributed by atoms with van der Waals surface area (Å²) < 4.78 is 11.2. The first-order valence-corrected chi connectivity index (χ1v) is 10.3. The standard InChI is InChI=1S/C22H29N3O3S/c1-3-25(4-2)15-14-23-22(29)24-21(26)18-10-12-20(13-11-18)28-17-16-27-19-8-6-5-7-9-19/h5-13H,3-4,14-17H2,1-2H3,(H2,23,24,26,29). The van der Waals surface area contributed by atoms with Gasteiger partial charge in [-0.05, 0) is 61.7 Å². The topological polar surface area (TPSA) is 62.8 Å². The molecule has 2 aromatic carbocycles. The van der Waals surface area contributed by atoms with Crippen LogP contribution in [0, 0.1) is 0 Å². The molecule has 0 aliphatic carbocycles. The second kappa shape index (κ2) is 12.7. The van der Waals surface area contributed by atoms with E-state index < -0.39 is 0 Å². The van der Waals surface area contributed by atoms with E-state index in [4.69, 9.17) is 21.7 Å². The van der Waals surface area contributed by atoms with Crippen molar-refractivity contribution in [1.29, 1.82) is 0 Å². The number of ether oxygens (including phenoxy) is 2. The average Bonchev–Trinajstić information content (AvgIpc) is 2.75. The van der Waals surface area contributed by atoms with Crippen LogP contribution in [0.2, 0.25) is 0 Å². The molecule has 0 bridgehead atoms. The average molecular weight is 416 g/mol. The molecule has 2 N–H and O–H groups in total. The van der Waals surface area contributed by atoms with Crippen LogP contribution in [0.5, 0.6) is 11.5 Å². The van der Waals surface area contributed by atoms with Crippen LogP contribution in [-0.4, -0.2) is 55.3 Å². The number of benzene rings is 2. The highest BCUT2D eigenvalue weighted by molar-refractivity contribution is 7.80. The van der Waals surface area contributed by atoms with E-state index >= 15 is 0 Å². The van der Waals surface area contributed by atoms with Gasteiger partial charge < -0.3 is 19.7 Å². The fourth-order valence-corrected chi connectivity index (χ4v) is 2.82. The number of carbonyl (C=O) groups excluding carboxylic acids is 1. The van der Waals surface area contributed by atoms with Gasteiger partial charge >= 0.3 is 0 Å². The highest BCUT2D eigenvalue weighted by Gasteiger charge is 2.08. The Kier molecular flexibility index (Phi) is 9.95. The number of rotatable bonds is 11. The van der Waals surface area contributed by atoms with E-state index in [1.807, 2.05) is 30.3 Å². The fraction of sp³-hybridized carbons (Fsp3) is 0.364. The first-order valence-electron chi connectivity index (χ1n) is 9.84. The smallest absolute Gasteiger partial charge is 0.257 e. The molecule has 29 heavy (non-hydrogen) atoms. The summed E-state index contributed by atoms with van der Waals surface area (Å²) in [7, 11) is 0. The largest absolute Gasteiger partial charge is 0.490 e. The molecule has 1 amide bonds. The Morgan fingerprint density at radius 3 is 2.10 bits per heavy atom. The molecule has 0 atom stereocenters. The zero-order valence-corrected chi connectivity index (χ0v) is 17.8. The molecular weight excluding hydrogens is 386 g/mol. The van der Waals surface area contributed by atoms with Crippen LogP contribution in [0.3, 0.4) is 0 Å². The van der Waals surface area contributed by atoms with E-state index in [1.54, 1.807) is 24.3 Å². The van der Waals surface area contributed by atoms with Crippen LogP contribution in [-0.2, 0) is 0 Å². The van der Waals surface area contributed by atoms with Crippen molar-refractivity contribution in [3.05, 3.63) is 60.2 Å². The minimum atomic E-state index is -0.246. The molecule has 2 rings (SSSR count). The third-order valence-electron chi connectivity index (χ3n) is 4.32. The summed E-state index contributed by atoms with van der Waals surface area (Å²) in [5.41, 5.74) is 0.519. The Labute approximate surface area is 178 Å². The SMILES string of the molecule is CCN(CC)CCNC(=S)NC(=O)c1ccc(OCCOc2ccccc2)cc1. The van der Waals surface area contributed by atoms with Gasteiger partial charge in [0.1, 0.15) is 24.7 Å². The predicted octanol–water partition coefficient (Wildman–Crippen LogP) is 3.09. The zero-order valence-electron chi connectivity index (χ0n) is 17.0. The molecular formula is C22H29N3O3S.